The summed E-state index contributed by atoms with van der Waals surface area (Å²) >= 11 is 0. The van der Waals surface area contributed by atoms with Crippen LogP contribution in [-0.2, 0) is 9.53 Å². The Morgan fingerprint density at radius 2 is 2.11 bits per heavy atom. The molecule has 0 aliphatic carbocycles. The van der Waals surface area contributed by atoms with Gasteiger partial charge in [0, 0.05) is 53.3 Å². The quantitative estimate of drug-likeness (QED) is 0.783. The molecular weight excluding hydrogens is 361 g/mol. The molecule has 3 aliphatic heterocycles. The van der Waals surface area contributed by atoms with Crippen LogP contribution < -0.4 is 9.80 Å². The van der Waals surface area contributed by atoms with Gasteiger partial charge in [0.1, 0.15) is 0 Å². The summed E-state index contributed by atoms with van der Waals surface area (Å²) in [4.78, 5) is 26.9. The number of aromatic nitrogens is 2. The fourth-order valence-electron chi connectivity index (χ4n) is 4.71. The van der Waals surface area contributed by atoms with Gasteiger partial charge in [-0.05, 0) is 37.5 Å². The van der Waals surface area contributed by atoms with E-state index in [0.717, 1.165) is 64.9 Å². The Bertz CT molecular complexity index is 715. The molecule has 3 aliphatic rings. The number of likely N-dealkylation sites (tertiary alicyclic amines) is 1. The molecule has 1 spiro atoms. The van der Waals surface area contributed by atoms with Crippen molar-refractivity contribution in [2.45, 2.75) is 44.6 Å². The minimum atomic E-state index is -0.405. The molecule has 1 atom stereocenters. The normalized spacial score (nSPS) is 24.8. The Labute approximate surface area is 165 Å². The van der Waals surface area contributed by atoms with E-state index in [1.165, 1.54) is 6.20 Å². The zero-order valence-electron chi connectivity index (χ0n) is 16.9. The molecule has 0 aromatic carbocycles. The number of hydrogen-bond donors (Lipinski definition) is 0. The molecule has 1 aromatic rings. The van der Waals surface area contributed by atoms with Crippen LogP contribution in [0.2, 0.25) is 0 Å². The van der Waals surface area contributed by atoms with Crippen LogP contribution in [0, 0.1) is 11.2 Å². The average Bonchev–Trinajstić information content (AvgIpc) is 3.19. The number of carbonyl (C=O) groups excluding carboxylic acids is 1. The monoisotopic (exact) mass is 391 g/mol. The molecule has 1 aromatic heterocycles. The van der Waals surface area contributed by atoms with Gasteiger partial charge in [0.05, 0.1) is 12.3 Å². The summed E-state index contributed by atoms with van der Waals surface area (Å²) in [6, 6.07) is 0. The fraction of sp³-hybridized carbons (Fsp3) is 0.750. The third-order valence-electron chi connectivity index (χ3n) is 6.44. The van der Waals surface area contributed by atoms with E-state index in [-0.39, 0.29) is 17.4 Å². The van der Waals surface area contributed by atoms with Crippen LogP contribution in [0.4, 0.5) is 16.2 Å². The fourth-order valence-corrected chi connectivity index (χ4v) is 4.71. The van der Waals surface area contributed by atoms with E-state index in [1.807, 2.05) is 4.90 Å². The summed E-state index contributed by atoms with van der Waals surface area (Å²) in [6.45, 7) is 4.05. The molecule has 4 heterocycles. The number of ether oxygens (including phenoxy) is 1. The second kappa shape index (κ2) is 7.81. The molecule has 154 valence electrons. The predicted octanol–water partition coefficient (Wildman–Crippen LogP) is 2.07. The smallest absolute Gasteiger partial charge is 0.227 e. The highest BCUT2D eigenvalue weighted by molar-refractivity contribution is 5.77. The molecule has 0 N–H and O–H groups in total. The highest BCUT2D eigenvalue weighted by Gasteiger charge is 2.42. The predicted molar refractivity (Wildman–Crippen MR) is 105 cm³/mol. The van der Waals surface area contributed by atoms with Crippen LogP contribution in [0.25, 0.3) is 0 Å². The first-order valence-corrected chi connectivity index (χ1v) is 10.3. The van der Waals surface area contributed by atoms with Crippen molar-refractivity contribution >= 4 is 17.7 Å². The molecule has 7 nitrogen and oxygen atoms in total. The molecule has 28 heavy (non-hydrogen) atoms. The number of rotatable bonds is 4. The highest BCUT2D eigenvalue weighted by Crippen LogP contribution is 2.41. The Morgan fingerprint density at radius 1 is 1.32 bits per heavy atom. The number of hydrogen-bond acceptors (Lipinski definition) is 6. The van der Waals surface area contributed by atoms with Crippen LogP contribution in [0.1, 0.15) is 38.5 Å². The van der Waals surface area contributed by atoms with Gasteiger partial charge in [-0.1, -0.05) is 0 Å². The highest BCUT2D eigenvalue weighted by atomic mass is 19.1. The molecule has 3 fully saturated rings. The maximum atomic E-state index is 13.9. The number of amides is 1. The molecular formula is C20H30FN5O2. The van der Waals surface area contributed by atoms with Crippen LogP contribution in [-0.4, -0.2) is 73.8 Å². The Kier molecular flexibility index (Phi) is 5.40. The molecule has 3 saturated heterocycles. The standard InChI is InChI=1S/C20H30FN5O2/c1-24(2)18-16(21)12-22-19(23-18)25-9-7-20(8-10-25)6-5-17(27)26(14-20)13-15-4-3-11-28-15/h12,15H,3-11,13-14H2,1-2H3/t15-/m1/s1. The summed E-state index contributed by atoms with van der Waals surface area (Å²) in [5.74, 6) is 0.762. The molecule has 8 heteroatoms. The molecule has 0 saturated carbocycles. The number of carbonyl (C=O) groups is 1. The average molecular weight is 391 g/mol. The van der Waals surface area contributed by atoms with Gasteiger partial charge in [-0.3, -0.25) is 4.79 Å². The minimum Gasteiger partial charge on any atom is -0.376 e. The lowest BCUT2D eigenvalue weighted by Crippen LogP contribution is -2.53. The van der Waals surface area contributed by atoms with Crippen LogP contribution in [0.15, 0.2) is 6.20 Å². The minimum absolute atomic E-state index is 0.174. The number of anilines is 2. The van der Waals surface area contributed by atoms with Crippen LogP contribution >= 0.6 is 0 Å². The zero-order chi connectivity index (χ0) is 19.7. The summed E-state index contributed by atoms with van der Waals surface area (Å²) in [7, 11) is 3.56. The molecule has 0 unspecified atom stereocenters. The number of halogens is 1. The van der Waals surface area contributed by atoms with Crippen molar-refractivity contribution in [2.24, 2.45) is 5.41 Å². The van der Waals surface area contributed by atoms with Crippen LogP contribution in [0.3, 0.4) is 0 Å². The third-order valence-corrected chi connectivity index (χ3v) is 6.44. The van der Waals surface area contributed by atoms with Gasteiger partial charge in [-0.15, -0.1) is 0 Å². The third kappa shape index (κ3) is 3.92. The van der Waals surface area contributed by atoms with Gasteiger partial charge in [0.15, 0.2) is 11.6 Å². The van der Waals surface area contributed by atoms with E-state index >= 15 is 0 Å². The van der Waals surface area contributed by atoms with Crippen molar-refractivity contribution in [3.05, 3.63) is 12.0 Å². The van der Waals surface area contributed by atoms with E-state index in [1.54, 1.807) is 19.0 Å². The van der Waals surface area contributed by atoms with Gasteiger partial charge in [-0.25, -0.2) is 9.37 Å². The van der Waals surface area contributed by atoms with Crippen molar-refractivity contribution in [2.75, 3.05) is 56.7 Å². The summed E-state index contributed by atoms with van der Waals surface area (Å²) in [5.41, 5.74) is 0.174. The summed E-state index contributed by atoms with van der Waals surface area (Å²) in [5, 5.41) is 0. The lowest BCUT2D eigenvalue weighted by atomic mass is 9.72. The van der Waals surface area contributed by atoms with Crippen molar-refractivity contribution in [3.8, 4) is 0 Å². The SMILES string of the molecule is CN(C)c1nc(N2CCC3(CCC(=O)N(C[C@H]4CCCO4)C3)CC2)ncc1F. The van der Waals surface area contributed by atoms with Crippen LogP contribution in [0.5, 0.6) is 0 Å². The van der Waals surface area contributed by atoms with Crippen molar-refractivity contribution in [1.29, 1.82) is 0 Å². The second-order valence-electron chi connectivity index (χ2n) is 8.63. The second-order valence-corrected chi connectivity index (χ2v) is 8.63. The van der Waals surface area contributed by atoms with E-state index in [0.29, 0.717) is 18.2 Å². The van der Waals surface area contributed by atoms with Gasteiger partial charge in [0.2, 0.25) is 11.9 Å². The largest absolute Gasteiger partial charge is 0.376 e. The van der Waals surface area contributed by atoms with Crippen molar-refractivity contribution in [1.82, 2.24) is 14.9 Å². The molecule has 4 rings (SSSR count). The van der Waals surface area contributed by atoms with E-state index in [9.17, 15) is 9.18 Å². The van der Waals surface area contributed by atoms with E-state index in [4.69, 9.17) is 4.74 Å². The molecule has 0 radical (unpaired) electrons. The van der Waals surface area contributed by atoms with E-state index < -0.39 is 5.82 Å². The molecule has 0 bridgehead atoms. The van der Waals surface area contributed by atoms with Gasteiger partial charge in [0.25, 0.3) is 0 Å². The Morgan fingerprint density at radius 3 is 2.79 bits per heavy atom. The lowest BCUT2D eigenvalue weighted by molar-refractivity contribution is -0.140. The number of nitrogens with zero attached hydrogens (tertiary/aromatic N) is 5. The number of piperidine rings is 2. The van der Waals surface area contributed by atoms with Gasteiger partial charge < -0.3 is 19.4 Å². The maximum absolute atomic E-state index is 13.9. The first-order valence-electron chi connectivity index (χ1n) is 10.3. The van der Waals surface area contributed by atoms with Crippen molar-refractivity contribution < 1.29 is 13.9 Å². The lowest BCUT2D eigenvalue weighted by Gasteiger charge is -2.47. The van der Waals surface area contributed by atoms with Gasteiger partial charge in [-0.2, -0.15) is 4.98 Å². The van der Waals surface area contributed by atoms with Crippen molar-refractivity contribution in [3.63, 3.8) is 0 Å². The first kappa shape index (κ1) is 19.4. The Balaban J connectivity index is 1.40. The summed E-state index contributed by atoms with van der Waals surface area (Å²) < 4.78 is 19.6. The first-order chi connectivity index (χ1) is 13.5. The molecule has 1 amide bonds. The zero-order valence-corrected chi connectivity index (χ0v) is 16.9. The summed E-state index contributed by atoms with van der Waals surface area (Å²) in [6.07, 6.45) is 7.20. The Hall–Kier alpha value is -1.96. The topological polar surface area (TPSA) is 61.8 Å². The maximum Gasteiger partial charge on any atom is 0.227 e. The van der Waals surface area contributed by atoms with E-state index in [2.05, 4.69) is 14.9 Å². The van der Waals surface area contributed by atoms with Gasteiger partial charge >= 0.3 is 0 Å².